The van der Waals surface area contributed by atoms with Crippen LogP contribution in [0.4, 0.5) is 5.69 Å². The highest BCUT2D eigenvalue weighted by atomic mass is 16.5. The number of methoxy groups -OCH3 is 1. The summed E-state index contributed by atoms with van der Waals surface area (Å²) < 4.78 is 11.0. The van der Waals surface area contributed by atoms with Crippen LogP contribution in [0.2, 0.25) is 0 Å². The average molecular weight is 418 g/mol. The first-order chi connectivity index (χ1) is 15.1. The van der Waals surface area contributed by atoms with Gasteiger partial charge in [-0.15, -0.1) is 0 Å². The Morgan fingerprint density at radius 2 is 1.52 bits per heavy atom. The predicted molar refractivity (Wildman–Crippen MR) is 121 cm³/mol. The van der Waals surface area contributed by atoms with Crippen molar-refractivity contribution in [2.45, 2.75) is 19.4 Å². The third-order valence-corrected chi connectivity index (χ3v) is 4.71. The van der Waals surface area contributed by atoms with Crippen molar-refractivity contribution < 1.29 is 19.1 Å². The van der Waals surface area contributed by atoms with Gasteiger partial charge < -0.3 is 20.1 Å². The minimum absolute atomic E-state index is 0.245. The zero-order valence-corrected chi connectivity index (χ0v) is 17.6. The molecule has 6 heteroatoms. The summed E-state index contributed by atoms with van der Waals surface area (Å²) in [7, 11) is 1.54. The van der Waals surface area contributed by atoms with Crippen molar-refractivity contribution in [1.82, 2.24) is 5.32 Å². The molecule has 6 nitrogen and oxygen atoms in total. The number of para-hydroxylation sites is 3. The van der Waals surface area contributed by atoms with Gasteiger partial charge in [0, 0.05) is 6.54 Å². The Morgan fingerprint density at radius 1 is 0.871 bits per heavy atom. The summed E-state index contributed by atoms with van der Waals surface area (Å²) in [6, 6.07) is 23.9. The second-order valence-electron chi connectivity index (χ2n) is 6.94. The summed E-state index contributed by atoms with van der Waals surface area (Å²) >= 11 is 0. The van der Waals surface area contributed by atoms with Crippen LogP contribution >= 0.6 is 0 Å². The van der Waals surface area contributed by atoms with E-state index in [1.54, 1.807) is 56.5 Å². The van der Waals surface area contributed by atoms with E-state index in [9.17, 15) is 9.59 Å². The van der Waals surface area contributed by atoms with Gasteiger partial charge in [-0.3, -0.25) is 9.59 Å². The lowest BCUT2D eigenvalue weighted by atomic mass is 10.1. The van der Waals surface area contributed by atoms with Gasteiger partial charge >= 0.3 is 0 Å². The summed E-state index contributed by atoms with van der Waals surface area (Å²) in [4.78, 5) is 25.4. The van der Waals surface area contributed by atoms with Crippen molar-refractivity contribution in [3.63, 3.8) is 0 Å². The van der Waals surface area contributed by atoms with E-state index in [2.05, 4.69) is 10.6 Å². The van der Waals surface area contributed by atoms with E-state index in [0.29, 0.717) is 29.3 Å². The molecule has 0 aliphatic carbocycles. The average Bonchev–Trinajstić information content (AvgIpc) is 2.80. The summed E-state index contributed by atoms with van der Waals surface area (Å²) in [6.45, 7) is 2.14. The lowest BCUT2D eigenvalue weighted by molar-refractivity contribution is -0.122. The van der Waals surface area contributed by atoms with Crippen LogP contribution in [0.3, 0.4) is 0 Å². The summed E-state index contributed by atoms with van der Waals surface area (Å²) in [6.07, 6.45) is -0.0595. The van der Waals surface area contributed by atoms with Crippen LogP contribution in [0.25, 0.3) is 0 Å². The number of benzene rings is 3. The molecule has 160 valence electrons. The lowest BCUT2D eigenvalue weighted by Gasteiger charge is -2.17. The number of ether oxygens (including phenoxy) is 2. The number of nitrogens with one attached hydrogen (secondary N) is 2. The molecular weight excluding hydrogens is 392 g/mol. The highest BCUT2D eigenvalue weighted by Crippen LogP contribution is 2.27. The van der Waals surface area contributed by atoms with Crippen molar-refractivity contribution in [2.24, 2.45) is 0 Å². The quantitative estimate of drug-likeness (QED) is 0.549. The van der Waals surface area contributed by atoms with E-state index in [-0.39, 0.29) is 11.8 Å². The van der Waals surface area contributed by atoms with Gasteiger partial charge in [0.15, 0.2) is 17.6 Å². The molecule has 3 rings (SSSR count). The van der Waals surface area contributed by atoms with Crippen LogP contribution in [-0.2, 0) is 11.2 Å². The lowest BCUT2D eigenvalue weighted by Crippen LogP contribution is -2.32. The third-order valence-electron chi connectivity index (χ3n) is 4.71. The predicted octanol–water partition coefficient (Wildman–Crippen LogP) is 4.07. The molecule has 0 heterocycles. The second kappa shape index (κ2) is 10.8. The SMILES string of the molecule is COc1ccccc1O[C@H](C)C(=O)Nc1ccccc1C(=O)NCCc1ccccc1. The van der Waals surface area contributed by atoms with Gasteiger partial charge in [-0.1, -0.05) is 54.6 Å². The van der Waals surface area contributed by atoms with Crippen LogP contribution in [0.15, 0.2) is 78.9 Å². The van der Waals surface area contributed by atoms with Crippen molar-refractivity contribution in [3.05, 3.63) is 90.0 Å². The number of rotatable bonds is 9. The molecule has 3 aromatic carbocycles. The molecule has 0 bridgehead atoms. The molecule has 0 aliphatic rings. The van der Waals surface area contributed by atoms with E-state index in [0.717, 1.165) is 12.0 Å². The van der Waals surface area contributed by atoms with Gasteiger partial charge in [0.2, 0.25) is 0 Å². The van der Waals surface area contributed by atoms with E-state index >= 15 is 0 Å². The minimum atomic E-state index is -0.787. The Balaban J connectivity index is 1.61. The van der Waals surface area contributed by atoms with Crippen molar-refractivity contribution in [2.75, 3.05) is 19.0 Å². The Morgan fingerprint density at radius 3 is 2.26 bits per heavy atom. The Hall–Kier alpha value is -3.80. The van der Waals surface area contributed by atoms with Crippen molar-refractivity contribution in [3.8, 4) is 11.5 Å². The molecule has 31 heavy (non-hydrogen) atoms. The smallest absolute Gasteiger partial charge is 0.265 e. The molecule has 2 amide bonds. The van der Waals surface area contributed by atoms with Gasteiger partial charge in [-0.2, -0.15) is 0 Å². The first-order valence-corrected chi connectivity index (χ1v) is 10.1. The van der Waals surface area contributed by atoms with Crippen LogP contribution in [-0.4, -0.2) is 31.6 Å². The zero-order valence-electron chi connectivity index (χ0n) is 17.6. The van der Waals surface area contributed by atoms with Gasteiger partial charge in [0.1, 0.15) is 0 Å². The molecule has 0 saturated heterocycles. The van der Waals surface area contributed by atoms with E-state index in [4.69, 9.17) is 9.47 Å². The molecule has 0 radical (unpaired) electrons. The monoisotopic (exact) mass is 418 g/mol. The highest BCUT2D eigenvalue weighted by molar-refractivity contribution is 6.04. The van der Waals surface area contributed by atoms with Gasteiger partial charge in [0.05, 0.1) is 18.4 Å². The van der Waals surface area contributed by atoms with Crippen LogP contribution < -0.4 is 20.1 Å². The van der Waals surface area contributed by atoms with Crippen molar-refractivity contribution >= 4 is 17.5 Å². The van der Waals surface area contributed by atoms with E-state index in [1.807, 2.05) is 36.4 Å². The van der Waals surface area contributed by atoms with Gasteiger partial charge in [0.25, 0.3) is 11.8 Å². The third kappa shape index (κ3) is 6.09. The summed E-state index contributed by atoms with van der Waals surface area (Å²) in [5, 5.41) is 5.70. The van der Waals surface area contributed by atoms with Crippen molar-refractivity contribution in [1.29, 1.82) is 0 Å². The molecular formula is C25H26N2O4. The number of anilines is 1. The molecule has 0 fully saturated rings. The number of amides is 2. The summed E-state index contributed by atoms with van der Waals surface area (Å²) in [5.41, 5.74) is 1.97. The van der Waals surface area contributed by atoms with Crippen LogP contribution in [0.5, 0.6) is 11.5 Å². The first kappa shape index (κ1) is 21.9. The molecule has 0 spiro atoms. The zero-order chi connectivity index (χ0) is 22.1. The normalized spacial score (nSPS) is 11.3. The molecule has 0 unspecified atom stereocenters. The highest BCUT2D eigenvalue weighted by Gasteiger charge is 2.19. The Labute approximate surface area is 182 Å². The number of carbonyl (C=O) groups is 2. The molecule has 1 atom stereocenters. The maximum absolute atomic E-state index is 12.7. The largest absolute Gasteiger partial charge is 0.493 e. The molecule has 0 aliphatic heterocycles. The standard InChI is InChI=1S/C25H26N2O4/c1-18(31-23-15-9-8-14-22(23)30-2)24(28)27-21-13-7-6-12-20(21)25(29)26-17-16-19-10-4-3-5-11-19/h3-15,18H,16-17H2,1-2H3,(H,26,29)(H,27,28)/t18-/m1/s1. The fraction of sp³-hybridized carbons (Fsp3) is 0.200. The topological polar surface area (TPSA) is 76.7 Å². The fourth-order valence-electron chi connectivity index (χ4n) is 3.04. The summed E-state index contributed by atoms with van der Waals surface area (Å²) in [5.74, 6) is 0.403. The molecule has 0 aromatic heterocycles. The first-order valence-electron chi connectivity index (χ1n) is 10.1. The van der Waals surface area contributed by atoms with E-state index < -0.39 is 6.10 Å². The second-order valence-corrected chi connectivity index (χ2v) is 6.94. The van der Waals surface area contributed by atoms with Crippen LogP contribution in [0.1, 0.15) is 22.8 Å². The minimum Gasteiger partial charge on any atom is -0.493 e. The Kier molecular flexibility index (Phi) is 7.65. The molecule has 3 aromatic rings. The van der Waals surface area contributed by atoms with Gasteiger partial charge in [-0.05, 0) is 43.2 Å². The maximum atomic E-state index is 12.7. The number of carbonyl (C=O) groups excluding carboxylic acids is 2. The van der Waals surface area contributed by atoms with Crippen LogP contribution in [0, 0.1) is 0 Å². The van der Waals surface area contributed by atoms with Gasteiger partial charge in [-0.25, -0.2) is 0 Å². The maximum Gasteiger partial charge on any atom is 0.265 e. The molecule has 2 N–H and O–H groups in total. The fourth-order valence-corrected chi connectivity index (χ4v) is 3.04. The number of hydrogen-bond acceptors (Lipinski definition) is 4. The van der Waals surface area contributed by atoms with E-state index in [1.165, 1.54) is 0 Å². The number of hydrogen-bond donors (Lipinski definition) is 2. The molecule has 0 saturated carbocycles. The Bertz CT molecular complexity index is 1020.